The van der Waals surface area contributed by atoms with Gasteiger partial charge in [-0.15, -0.1) is 0 Å². The maximum Gasteiger partial charge on any atom is 0.301 e. The SMILES string of the molecule is CCOc1ccc(/C(O)=C2\C(=O)C(=O)N(c3nc4ccc(CC)cc4s3)[C@@H]2c2ccc(F)cc2)cc1. The van der Waals surface area contributed by atoms with Crippen LogP contribution in [-0.4, -0.2) is 28.4 Å². The van der Waals surface area contributed by atoms with Gasteiger partial charge in [-0.25, -0.2) is 9.37 Å². The first-order chi connectivity index (χ1) is 17.4. The quantitative estimate of drug-likeness (QED) is 0.198. The van der Waals surface area contributed by atoms with Gasteiger partial charge in [-0.1, -0.05) is 36.5 Å². The molecule has 1 atom stereocenters. The van der Waals surface area contributed by atoms with Crippen molar-refractivity contribution in [1.29, 1.82) is 0 Å². The normalized spacial score (nSPS) is 17.2. The number of aliphatic hydroxyl groups excluding tert-OH is 1. The number of fused-ring (bicyclic) bond motifs is 1. The van der Waals surface area contributed by atoms with Gasteiger partial charge in [0.25, 0.3) is 5.78 Å². The van der Waals surface area contributed by atoms with Crippen molar-refractivity contribution in [1.82, 2.24) is 4.98 Å². The summed E-state index contributed by atoms with van der Waals surface area (Å²) < 4.78 is 20.1. The van der Waals surface area contributed by atoms with E-state index >= 15 is 0 Å². The number of amides is 1. The fourth-order valence-corrected chi connectivity index (χ4v) is 5.36. The molecule has 2 heterocycles. The molecule has 1 saturated heterocycles. The highest BCUT2D eigenvalue weighted by molar-refractivity contribution is 7.22. The molecule has 1 fully saturated rings. The smallest absolute Gasteiger partial charge is 0.301 e. The Balaban J connectivity index is 1.67. The number of carbonyl (C=O) groups is 2. The molecule has 0 saturated carbocycles. The lowest BCUT2D eigenvalue weighted by atomic mass is 9.95. The third-order valence-electron chi connectivity index (χ3n) is 6.12. The number of aryl methyl sites for hydroxylation is 1. The Labute approximate surface area is 211 Å². The van der Waals surface area contributed by atoms with Crippen LogP contribution in [0.4, 0.5) is 9.52 Å². The minimum atomic E-state index is -0.969. The van der Waals surface area contributed by atoms with Crippen LogP contribution < -0.4 is 9.64 Å². The summed E-state index contributed by atoms with van der Waals surface area (Å²) >= 11 is 1.30. The number of Topliss-reactive ketones (excluding diaryl/α,β-unsaturated/α-hetero) is 1. The molecule has 1 aliphatic heterocycles. The summed E-state index contributed by atoms with van der Waals surface area (Å²) in [6, 6.07) is 17.1. The molecule has 36 heavy (non-hydrogen) atoms. The summed E-state index contributed by atoms with van der Waals surface area (Å²) in [5.41, 5.74) is 2.60. The molecule has 0 spiro atoms. The summed E-state index contributed by atoms with van der Waals surface area (Å²) in [5.74, 6) is -1.78. The molecule has 8 heteroatoms. The van der Waals surface area contributed by atoms with Gasteiger partial charge in [0.1, 0.15) is 17.3 Å². The zero-order valence-corrected chi connectivity index (χ0v) is 20.5. The van der Waals surface area contributed by atoms with E-state index in [1.807, 2.05) is 25.1 Å². The van der Waals surface area contributed by atoms with Crippen LogP contribution in [0.3, 0.4) is 0 Å². The van der Waals surface area contributed by atoms with Crippen molar-refractivity contribution in [2.45, 2.75) is 26.3 Å². The number of benzene rings is 3. The molecule has 1 N–H and O–H groups in total. The van der Waals surface area contributed by atoms with Crippen molar-refractivity contribution in [3.63, 3.8) is 0 Å². The molecule has 1 aromatic heterocycles. The van der Waals surface area contributed by atoms with Crippen LogP contribution in [0.15, 0.2) is 72.3 Å². The van der Waals surface area contributed by atoms with E-state index in [0.717, 1.165) is 16.7 Å². The highest BCUT2D eigenvalue weighted by Gasteiger charge is 2.48. The Hall–Kier alpha value is -4.04. The van der Waals surface area contributed by atoms with Gasteiger partial charge in [0, 0.05) is 5.56 Å². The van der Waals surface area contributed by atoms with Gasteiger partial charge < -0.3 is 9.84 Å². The second-order valence-electron chi connectivity index (χ2n) is 8.33. The van der Waals surface area contributed by atoms with Crippen molar-refractivity contribution in [3.8, 4) is 5.75 Å². The van der Waals surface area contributed by atoms with Gasteiger partial charge in [-0.2, -0.15) is 0 Å². The van der Waals surface area contributed by atoms with E-state index in [1.54, 1.807) is 24.3 Å². The summed E-state index contributed by atoms with van der Waals surface area (Å²) in [6.45, 7) is 4.41. The van der Waals surface area contributed by atoms with Crippen molar-refractivity contribution < 1.29 is 23.8 Å². The Morgan fingerprint density at radius 2 is 1.78 bits per heavy atom. The number of halogens is 1. The van der Waals surface area contributed by atoms with Crippen LogP contribution in [0.1, 0.15) is 36.6 Å². The standard InChI is InChI=1S/C28H23FN2O4S/c1-3-16-5-14-21-22(15-16)36-28(30-21)31-24(17-6-10-19(29)11-7-17)23(26(33)27(31)34)25(32)18-8-12-20(13-9-18)35-4-2/h5-15,24,32H,3-4H2,1-2H3/b25-23+/t24-/m1/s1. The summed E-state index contributed by atoms with van der Waals surface area (Å²) in [4.78, 5) is 32.6. The highest BCUT2D eigenvalue weighted by Crippen LogP contribution is 2.44. The van der Waals surface area contributed by atoms with Crippen LogP contribution in [0.2, 0.25) is 0 Å². The van der Waals surface area contributed by atoms with Crippen LogP contribution >= 0.6 is 11.3 Å². The molecule has 4 aromatic rings. The Morgan fingerprint density at radius 3 is 2.44 bits per heavy atom. The number of aromatic nitrogens is 1. The van der Waals surface area contributed by atoms with Crippen LogP contribution in [0.5, 0.6) is 5.75 Å². The van der Waals surface area contributed by atoms with Crippen molar-refractivity contribution in [3.05, 3.63) is 94.8 Å². The minimum Gasteiger partial charge on any atom is -0.507 e. The van der Waals surface area contributed by atoms with E-state index in [2.05, 4.69) is 11.9 Å². The monoisotopic (exact) mass is 502 g/mol. The molecule has 6 nitrogen and oxygen atoms in total. The number of hydrogen-bond donors (Lipinski definition) is 1. The zero-order chi connectivity index (χ0) is 25.4. The van der Waals surface area contributed by atoms with E-state index in [-0.39, 0.29) is 11.3 Å². The molecule has 5 rings (SSSR count). The van der Waals surface area contributed by atoms with Gasteiger partial charge in [0.05, 0.1) is 28.4 Å². The van der Waals surface area contributed by atoms with E-state index in [0.29, 0.717) is 34.1 Å². The summed E-state index contributed by atoms with van der Waals surface area (Å²) in [6.07, 6.45) is 0.853. The van der Waals surface area contributed by atoms with Crippen LogP contribution in [0.25, 0.3) is 16.0 Å². The molecular weight excluding hydrogens is 479 g/mol. The predicted octanol–water partition coefficient (Wildman–Crippen LogP) is 6.02. The van der Waals surface area contributed by atoms with Crippen molar-refractivity contribution in [2.24, 2.45) is 0 Å². The van der Waals surface area contributed by atoms with Gasteiger partial charge in [0.2, 0.25) is 0 Å². The van der Waals surface area contributed by atoms with Gasteiger partial charge in [-0.3, -0.25) is 14.5 Å². The number of ketones is 1. The molecule has 3 aromatic carbocycles. The topological polar surface area (TPSA) is 79.7 Å². The number of thiazole rings is 1. The number of rotatable bonds is 6. The Bertz CT molecular complexity index is 1490. The second-order valence-corrected chi connectivity index (χ2v) is 9.34. The number of hydrogen-bond acceptors (Lipinski definition) is 6. The number of anilines is 1. The Kier molecular flexibility index (Phi) is 6.28. The number of carbonyl (C=O) groups excluding carboxylic acids is 2. The van der Waals surface area contributed by atoms with Crippen LogP contribution in [0, 0.1) is 5.82 Å². The predicted molar refractivity (Wildman–Crippen MR) is 138 cm³/mol. The molecule has 0 bridgehead atoms. The maximum atomic E-state index is 13.7. The summed E-state index contributed by atoms with van der Waals surface area (Å²) in [5, 5.41) is 11.6. The lowest BCUT2D eigenvalue weighted by molar-refractivity contribution is -0.132. The molecular formula is C28H23FN2O4S. The van der Waals surface area contributed by atoms with Crippen molar-refractivity contribution in [2.75, 3.05) is 11.5 Å². The average Bonchev–Trinajstić information content (AvgIpc) is 3.42. The van der Waals surface area contributed by atoms with Gasteiger partial charge in [0.15, 0.2) is 5.13 Å². The third-order valence-corrected chi connectivity index (χ3v) is 7.14. The third kappa shape index (κ3) is 4.13. The molecule has 0 aliphatic carbocycles. The molecule has 1 amide bonds. The number of ether oxygens (including phenoxy) is 1. The fourth-order valence-electron chi connectivity index (χ4n) is 4.30. The average molecular weight is 503 g/mol. The largest absolute Gasteiger partial charge is 0.507 e. The minimum absolute atomic E-state index is 0.0794. The lowest BCUT2D eigenvalue weighted by Crippen LogP contribution is -2.29. The molecule has 0 unspecified atom stereocenters. The van der Waals surface area contributed by atoms with Crippen LogP contribution in [-0.2, 0) is 16.0 Å². The first-order valence-electron chi connectivity index (χ1n) is 11.6. The fraction of sp³-hybridized carbons (Fsp3) is 0.179. The van der Waals surface area contributed by atoms with Crippen molar-refractivity contribution >= 4 is 44.1 Å². The van der Waals surface area contributed by atoms with Gasteiger partial charge >= 0.3 is 5.91 Å². The van der Waals surface area contributed by atoms with E-state index < -0.39 is 23.5 Å². The van der Waals surface area contributed by atoms with Gasteiger partial charge in [-0.05, 0) is 73.0 Å². The Morgan fingerprint density at radius 1 is 1.06 bits per heavy atom. The first-order valence-corrected chi connectivity index (χ1v) is 12.4. The second kappa shape index (κ2) is 9.54. The van der Waals surface area contributed by atoms with E-state index in [9.17, 15) is 19.1 Å². The molecule has 1 aliphatic rings. The maximum absolute atomic E-state index is 13.7. The highest BCUT2D eigenvalue weighted by atomic mass is 32.1. The van der Waals surface area contributed by atoms with E-state index in [4.69, 9.17) is 4.74 Å². The number of nitrogens with zero attached hydrogens (tertiary/aromatic N) is 2. The molecule has 0 radical (unpaired) electrons. The first kappa shape index (κ1) is 23.7. The molecule has 182 valence electrons. The summed E-state index contributed by atoms with van der Waals surface area (Å²) in [7, 11) is 0. The zero-order valence-electron chi connectivity index (χ0n) is 19.7. The van der Waals surface area contributed by atoms with E-state index in [1.165, 1.54) is 40.5 Å². The lowest BCUT2D eigenvalue weighted by Gasteiger charge is -2.23. The number of aliphatic hydroxyl groups is 1.